The lowest BCUT2D eigenvalue weighted by atomic mass is 9.81. The van der Waals surface area contributed by atoms with Gasteiger partial charge >= 0.3 is 0 Å². The minimum Gasteiger partial charge on any atom is -0.486 e. The molecule has 0 N–H and O–H groups in total. The number of piperidine rings is 1. The van der Waals surface area contributed by atoms with Crippen molar-refractivity contribution < 1.29 is 9.53 Å². The van der Waals surface area contributed by atoms with Gasteiger partial charge in [-0.15, -0.1) is 0 Å². The van der Waals surface area contributed by atoms with E-state index in [1.54, 1.807) is 0 Å². The van der Waals surface area contributed by atoms with Crippen LogP contribution in [0.4, 0.5) is 5.82 Å². The van der Waals surface area contributed by atoms with Crippen LogP contribution >= 0.6 is 0 Å². The zero-order valence-corrected chi connectivity index (χ0v) is 19.9. The van der Waals surface area contributed by atoms with E-state index in [0.717, 1.165) is 72.1 Å². The van der Waals surface area contributed by atoms with Crippen molar-refractivity contribution in [2.24, 2.45) is 0 Å². The number of aromatic nitrogens is 2. The molecule has 2 aliphatic heterocycles. The van der Waals surface area contributed by atoms with E-state index in [-0.39, 0.29) is 5.78 Å². The van der Waals surface area contributed by atoms with Crippen LogP contribution in [0.3, 0.4) is 0 Å². The molecule has 1 aromatic heterocycles. The van der Waals surface area contributed by atoms with Crippen LogP contribution in [0.15, 0.2) is 42.5 Å². The number of nitrogens with zero attached hydrogens (tertiary/aromatic N) is 3. The summed E-state index contributed by atoms with van der Waals surface area (Å²) in [6, 6.07) is 14.4. The Bertz CT molecular complexity index is 1210. The Morgan fingerprint density at radius 3 is 2.42 bits per heavy atom. The molecule has 0 amide bonds. The molecule has 5 nitrogen and oxygen atoms in total. The molecular formula is C28H31N3O2. The summed E-state index contributed by atoms with van der Waals surface area (Å²) in [6.45, 7) is 9.78. The molecule has 0 unspecified atom stereocenters. The molecule has 3 heterocycles. The van der Waals surface area contributed by atoms with Gasteiger partial charge in [0.1, 0.15) is 23.0 Å². The molecule has 2 aliphatic rings. The van der Waals surface area contributed by atoms with Crippen molar-refractivity contribution in [3.05, 3.63) is 81.8 Å². The van der Waals surface area contributed by atoms with E-state index in [1.165, 1.54) is 11.1 Å². The van der Waals surface area contributed by atoms with Crippen LogP contribution in [0, 0.1) is 27.7 Å². The topological polar surface area (TPSA) is 55.3 Å². The first-order chi connectivity index (χ1) is 15.8. The molecule has 33 heavy (non-hydrogen) atoms. The Morgan fingerprint density at radius 2 is 1.70 bits per heavy atom. The standard InChI is InChI=1S/C28H31N3O2/c1-18-10-11-23-25(32)17-28(33-26(23)19(18)2)12-14-31(15-13-28)27-24(20(3)29-21(4)30-27)16-22-8-6-5-7-9-22/h5-11H,12-17H2,1-4H3. The largest absolute Gasteiger partial charge is 0.486 e. The number of rotatable bonds is 3. The van der Waals surface area contributed by atoms with Crippen molar-refractivity contribution in [1.29, 1.82) is 0 Å². The molecule has 0 radical (unpaired) electrons. The Kier molecular flexibility index (Phi) is 5.43. The summed E-state index contributed by atoms with van der Waals surface area (Å²) in [5.74, 6) is 2.81. The van der Waals surface area contributed by atoms with Crippen LogP contribution in [-0.2, 0) is 6.42 Å². The van der Waals surface area contributed by atoms with Crippen LogP contribution in [0.5, 0.6) is 5.75 Å². The quantitative estimate of drug-likeness (QED) is 0.552. The second kappa shape index (κ2) is 8.29. The van der Waals surface area contributed by atoms with Crippen molar-refractivity contribution in [3.63, 3.8) is 0 Å². The molecule has 0 saturated carbocycles. The lowest BCUT2D eigenvalue weighted by Gasteiger charge is -2.45. The van der Waals surface area contributed by atoms with E-state index in [1.807, 2.05) is 25.1 Å². The van der Waals surface area contributed by atoms with E-state index in [9.17, 15) is 4.79 Å². The average molecular weight is 442 g/mol. The zero-order chi connectivity index (χ0) is 23.2. The molecule has 1 saturated heterocycles. The second-order valence-corrected chi connectivity index (χ2v) is 9.58. The fourth-order valence-corrected chi connectivity index (χ4v) is 5.17. The first-order valence-corrected chi connectivity index (χ1v) is 11.8. The molecule has 0 bridgehead atoms. The van der Waals surface area contributed by atoms with Gasteiger partial charge < -0.3 is 9.64 Å². The molecule has 1 spiro atoms. The van der Waals surface area contributed by atoms with Gasteiger partial charge in [0.2, 0.25) is 0 Å². The Balaban J connectivity index is 1.41. The first-order valence-electron chi connectivity index (χ1n) is 11.8. The lowest BCUT2D eigenvalue weighted by Crippen LogP contribution is -2.51. The molecule has 170 valence electrons. The normalized spacial score (nSPS) is 17.1. The fraction of sp³-hybridized carbons (Fsp3) is 0.393. The number of carbonyl (C=O) groups is 1. The highest BCUT2D eigenvalue weighted by molar-refractivity contribution is 6.01. The third-order valence-corrected chi connectivity index (χ3v) is 7.28. The number of Topliss-reactive ketones (excluding diaryl/α,β-unsaturated/α-hetero) is 1. The minimum absolute atomic E-state index is 0.200. The van der Waals surface area contributed by atoms with Gasteiger partial charge in [0, 0.05) is 43.6 Å². The number of hydrogen-bond acceptors (Lipinski definition) is 5. The molecule has 0 aliphatic carbocycles. The summed E-state index contributed by atoms with van der Waals surface area (Å²) in [5.41, 5.74) is 6.02. The van der Waals surface area contributed by atoms with Crippen LogP contribution in [0.2, 0.25) is 0 Å². The van der Waals surface area contributed by atoms with Crippen molar-refractivity contribution in [1.82, 2.24) is 9.97 Å². The van der Waals surface area contributed by atoms with Crippen molar-refractivity contribution in [3.8, 4) is 5.75 Å². The number of ketones is 1. The molecule has 5 heteroatoms. The summed E-state index contributed by atoms with van der Waals surface area (Å²) in [5, 5.41) is 0. The summed E-state index contributed by atoms with van der Waals surface area (Å²) in [7, 11) is 0. The molecule has 5 rings (SSSR count). The molecular weight excluding hydrogens is 410 g/mol. The number of benzene rings is 2. The lowest BCUT2D eigenvalue weighted by molar-refractivity contribution is 0.0224. The van der Waals surface area contributed by atoms with Gasteiger partial charge in [-0.25, -0.2) is 9.97 Å². The maximum absolute atomic E-state index is 13.0. The summed E-state index contributed by atoms with van der Waals surface area (Å²) in [6.07, 6.45) is 2.87. The third kappa shape index (κ3) is 4.01. The van der Waals surface area contributed by atoms with Gasteiger partial charge in [-0.1, -0.05) is 36.4 Å². The third-order valence-electron chi connectivity index (χ3n) is 7.28. The number of hydrogen-bond donors (Lipinski definition) is 0. The predicted molar refractivity (Wildman–Crippen MR) is 130 cm³/mol. The highest BCUT2D eigenvalue weighted by Crippen LogP contribution is 2.42. The SMILES string of the molecule is Cc1nc(C)c(Cc2ccccc2)c(N2CCC3(CC2)CC(=O)c2ccc(C)c(C)c2O3)n1. The highest BCUT2D eigenvalue weighted by Gasteiger charge is 2.44. The van der Waals surface area contributed by atoms with E-state index >= 15 is 0 Å². The summed E-state index contributed by atoms with van der Waals surface area (Å²) >= 11 is 0. The Hall–Kier alpha value is -3.21. The van der Waals surface area contributed by atoms with Gasteiger partial charge in [-0.2, -0.15) is 0 Å². The van der Waals surface area contributed by atoms with Gasteiger partial charge in [0.25, 0.3) is 0 Å². The summed E-state index contributed by atoms with van der Waals surface area (Å²) in [4.78, 5) is 24.9. The fourth-order valence-electron chi connectivity index (χ4n) is 5.17. The maximum atomic E-state index is 13.0. The van der Waals surface area contributed by atoms with Gasteiger partial charge in [0.15, 0.2) is 5.78 Å². The Labute approximate surface area is 195 Å². The van der Waals surface area contributed by atoms with Crippen LogP contribution < -0.4 is 9.64 Å². The monoisotopic (exact) mass is 441 g/mol. The van der Waals surface area contributed by atoms with Crippen LogP contribution in [-0.4, -0.2) is 34.4 Å². The van der Waals surface area contributed by atoms with Crippen LogP contribution in [0.25, 0.3) is 0 Å². The second-order valence-electron chi connectivity index (χ2n) is 9.58. The number of fused-ring (bicyclic) bond motifs is 1. The molecule has 1 fully saturated rings. The van der Waals surface area contributed by atoms with Crippen LogP contribution in [0.1, 0.15) is 63.4 Å². The van der Waals surface area contributed by atoms with Crippen molar-refractivity contribution >= 4 is 11.6 Å². The number of aryl methyl sites for hydroxylation is 3. The van der Waals surface area contributed by atoms with Gasteiger partial charge in [-0.3, -0.25) is 4.79 Å². The number of anilines is 1. The predicted octanol–water partition coefficient (Wildman–Crippen LogP) is 5.31. The number of carbonyl (C=O) groups excluding carboxylic acids is 1. The van der Waals surface area contributed by atoms with E-state index in [4.69, 9.17) is 9.72 Å². The number of ether oxygens (including phenoxy) is 1. The molecule has 3 aromatic rings. The van der Waals surface area contributed by atoms with Gasteiger partial charge in [0.05, 0.1) is 12.0 Å². The summed E-state index contributed by atoms with van der Waals surface area (Å²) < 4.78 is 6.62. The average Bonchev–Trinajstić information content (AvgIpc) is 2.80. The highest BCUT2D eigenvalue weighted by atomic mass is 16.5. The molecule has 0 atom stereocenters. The maximum Gasteiger partial charge on any atom is 0.170 e. The molecule has 2 aromatic carbocycles. The van der Waals surface area contributed by atoms with Crippen molar-refractivity contribution in [2.45, 2.75) is 59.0 Å². The van der Waals surface area contributed by atoms with Crippen molar-refractivity contribution in [2.75, 3.05) is 18.0 Å². The minimum atomic E-state index is -0.421. The smallest absolute Gasteiger partial charge is 0.170 e. The Morgan fingerprint density at radius 1 is 0.970 bits per heavy atom. The van der Waals surface area contributed by atoms with E-state index in [2.05, 4.69) is 54.9 Å². The van der Waals surface area contributed by atoms with E-state index in [0.29, 0.717) is 6.42 Å². The van der Waals surface area contributed by atoms with Gasteiger partial charge in [-0.05, 0) is 50.5 Å². The van der Waals surface area contributed by atoms with E-state index < -0.39 is 5.60 Å². The zero-order valence-electron chi connectivity index (χ0n) is 19.9. The first kappa shape index (κ1) is 21.6.